The molecule has 0 radical (unpaired) electrons. The second kappa shape index (κ2) is 8.18. The van der Waals surface area contributed by atoms with E-state index in [1.165, 1.54) is 25.5 Å². The van der Waals surface area contributed by atoms with Crippen LogP contribution in [0.25, 0.3) is 22.3 Å². The largest absolute Gasteiger partial charge is 0.504 e. The molecule has 1 N–H and O–H groups in total. The van der Waals surface area contributed by atoms with Gasteiger partial charge in [0.15, 0.2) is 17.3 Å². The Labute approximate surface area is 179 Å². The van der Waals surface area contributed by atoms with Gasteiger partial charge in [-0.2, -0.15) is 22.9 Å². The van der Waals surface area contributed by atoms with Crippen molar-refractivity contribution in [2.75, 3.05) is 7.11 Å². The molecule has 0 fully saturated rings. The molecule has 0 amide bonds. The van der Waals surface area contributed by atoms with Crippen molar-refractivity contribution in [3.63, 3.8) is 0 Å². The number of aromatic hydroxyl groups is 1. The predicted octanol–water partition coefficient (Wildman–Crippen LogP) is 4.68. The van der Waals surface area contributed by atoms with Crippen molar-refractivity contribution >= 4 is 17.1 Å². The Morgan fingerprint density at radius 1 is 1.06 bits per heavy atom. The molecule has 0 aliphatic carbocycles. The molecule has 0 saturated heterocycles. The standard InChI is InChI=1S/C23H16F3N3O3/c1-32-19-11-5-7-15(20(19)30)13-27-29-21(14-6-4-8-16(12-14)23(24,25)26)28-18-10-3-2-9-17(18)22(29)31/h2-13,30H,1H3. The number of benzene rings is 3. The van der Waals surface area contributed by atoms with Crippen LogP contribution in [0.4, 0.5) is 13.2 Å². The van der Waals surface area contributed by atoms with E-state index in [2.05, 4.69) is 10.1 Å². The zero-order chi connectivity index (χ0) is 22.9. The van der Waals surface area contributed by atoms with Gasteiger partial charge in [0.05, 0.1) is 29.8 Å². The third kappa shape index (κ3) is 3.92. The summed E-state index contributed by atoms with van der Waals surface area (Å²) in [6.45, 7) is 0. The molecule has 0 aliphatic rings. The number of alkyl halides is 3. The summed E-state index contributed by atoms with van der Waals surface area (Å²) in [5, 5.41) is 14.7. The van der Waals surface area contributed by atoms with E-state index in [4.69, 9.17) is 4.74 Å². The van der Waals surface area contributed by atoms with Gasteiger partial charge < -0.3 is 9.84 Å². The van der Waals surface area contributed by atoms with Crippen molar-refractivity contribution in [1.29, 1.82) is 0 Å². The molecule has 0 aliphatic heterocycles. The van der Waals surface area contributed by atoms with Gasteiger partial charge in [0.25, 0.3) is 5.56 Å². The number of aromatic nitrogens is 2. The van der Waals surface area contributed by atoms with E-state index in [9.17, 15) is 23.1 Å². The Bertz CT molecular complexity index is 1390. The number of fused-ring (bicyclic) bond motifs is 1. The van der Waals surface area contributed by atoms with Crippen molar-refractivity contribution in [2.45, 2.75) is 6.18 Å². The molecule has 6 nitrogen and oxygen atoms in total. The monoisotopic (exact) mass is 439 g/mol. The van der Waals surface area contributed by atoms with E-state index in [-0.39, 0.29) is 33.8 Å². The van der Waals surface area contributed by atoms with Gasteiger partial charge in [0.1, 0.15) is 0 Å². The number of para-hydroxylation sites is 2. The molecule has 4 rings (SSSR count). The van der Waals surface area contributed by atoms with Gasteiger partial charge in [-0.1, -0.05) is 30.3 Å². The van der Waals surface area contributed by atoms with Gasteiger partial charge in [-0.05, 0) is 36.4 Å². The van der Waals surface area contributed by atoms with E-state index < -0.39 is 17.3 Å². The molecule has 1 heterocycles. The molecule has 32 heavy (non-hydrogen) atoms. The quantitative estimate of drug-likeness (QED) is 0.469. The number of phenolic OH excluding ortho intramolecular Hbond substituents is 1. The van der Waals surface area contributed by atoms with Crippen LogP contribution in [0, 0.1) is 0 Å². The first-order valence-corrected chi connectivity index (χ1v) is 9.39. The van der Waals surface area contributed by atoms with E-state index in [0.717, 1.165) is 16.8 Å². The van der Waals surface area contributed by atoms with Crippen LogP contribution in [-0.2, 0) is 6.18 Å². The van der Waals surface area contributed by atoms with Crippen LogP contribution in [0.15, 0.2) is 76.6 Å². The molecule has 0 atom stereocenters. The Morgan fingerprint density at radius 2 is 1.81 bits per heavy atom. The Morgan fingerprint density at radius 3 is 2.56 bits per heavy atom. The fraction of sp³-hybridized carbons (Fsp3) is 0.0870. The topological polar surface area (TPSA) is 76.7 Å². The molecule has 0 bridgehead atoms. The van der Waals surface area contributed by atoms with E-state index in [1.807, 2.05) is 0 Å². The van der Waals surface area contributed by atoms with Gasteiger partial charge in [-0.25, -0.2) is 4.98 Å². The minimum absolute atomic E-state index is 0.0645. The number of nitrogens with zero attached hydrogens (tertiary/aromatic N) is 3. The predicted molar refractivity (Wildman–Crippen MR) is 114 cm³/mol. The smallest absolute Gasteiger partial charge is 0.416 e. The van der Waals surface area contributed by atoms with Crippen LogP contribution in [0.5, 0.6) is 11.5 Å². The number of hydrogen-bond donors (Lipinski definition) is 1. The summed E-state index contributed by atoms with van der Waals surface area (Å²) in [5.41, 5.74) is -0.810. The van der Waals surface area contributed by atoms with Crippen LogP contribution in [0.1, 0.15) is 11.1 Å². The highest BCUT2D eigenvalue weighted by Gasteiger charge is 2.31. The summed E-state index contributed by atoms with van der Waals surface area (Å²) in [6, 6.07) is 15.7. The Hall–Kier alpha value is -4.14. The van der Waals surface area contributed by atoms with Crippen molar-refractivity contribution in [3.8, 4) is 22.9 Å². The number of phenols is 1. The highest BCUT2D eigenvalue weighted by atomic mass is 19.4. The average Bonchev–Trinajstić information content (AvgIpc) is 2.79. The first-order valence-electron chi connectivity index (χ1n) is 9.39. The molecule has 0 spiro atoms. The average molecular weight is 439 g/mol. The minimum atomic E-state index is -4.56. The second-order valence-electron chi connectivity index (χ2n) is 6.79. The van der Waals surface area contributed by atoms with Gasteiger partial charge in [0, 0.05) is 11.1 Å². The zero-order valence-electron chi connectivity index (χ0n) is 16.7. The van der Waals surface area contributed by atoms with E-state index >= 15 is 0 Å². The lowest BCUT2D eigenvalue weighted by atomic mass is 10.1. The second-order valence-corrected chi connectivity index (χ2v) is 6.79. The molecule has 4 aromatic rings. The molecule has 0 saturated carbocycles. The number of methoxy groups -OCH3 is 1. The van der Waals surface area contributed by atoms with Gasteiger partial charge in [0.2, 0.25) is 0 Å². The van der Waals surface area contributed by atoms with Crippen molar-refractivity contribution in [2.24, 2.45) is 5.10 Å². The van der Waals surface area contributed by atoms with Crippen LogP contribution >= 0.6 is 0 Å². The summed E-state index contributed by atoms with van der Waals surface area (Å²) < 4.78 is 45.7. The summed E-state index contributed by atoms with van der Waals surface area (Å²) in [6.07, 6.45) is -3.35. The molecule has 9 heteroatoms. The lowest BCUT2D eigenvalue weighted by molar-refractivity contribution is -0.137. The maximum atomic E-state index is 13.2. The first kappa shape index (κ1) is 21.1. The number of halogens is 3. The number of ether oxygens (including phenoxy) is 1. The molecule has 162 valence electrons. The Kier molecular flexibility index (Phi) is 5.40. The number of rotatable bonds is 4. The third-order valence-electron chi connectivity index (χ3n) is 4.76. The van der Waals surface area contributed by atoms with Crippen molar-refractivity contribution < 1.29 is 23.0 Å². The summed E-state index contributed by atoms with van der Waals surface area (Å²) in [7, 11) is 1.39. The van der Waals surface area contributed by atoms with Crippen LogP contribution < -0.4 is 10.3 Å². The highest BCUT2D eigenvalue weighted by Crippen LogP contribution is 2.32. The molecular weight excluding hydrogens is 423 g/mol. The van der Waals surface area contributed by atoms with Gasteiger partial charge in [-0.15, -0.1) is 0 Å². The number of hydrogen-bond acceptors (Lipinski definition) is 5. The molecule has 0 unspecified atom stereocenters. The SMILES string of the molecule is COc1cccc(C=Nn2c(-c3cccc(C(F)(F)F)c3)nc3ccccc3c2=O)c1O. The molecule has 3 aromatic carbocycles. The van der Waals surface area contributed by atoms with Crippen molar-refractivity contribution in [1.82, 2.24) is 9.66 Å². The van der Waals surface area contributed by atoms with Crippen molar-refractivity contribution in [3.05, 3.63) is 88.2 Å². The molecule has 1 aromatic heterocycles. The lowest BCUT2D eigenvalue weighted by Crippen LogP contribution is -2.20. The summed E-state index contributed by atoms with van der Waals surface area (Å²) >= 11 is 0. The lowest BCUT2D eigenvalue weighted by Gasteiger charge is -2.12. The summed E-state index contributed by atoms with van der Waals surface area (Å²) in [4.78, 5) is 17.5. The Balaban J connectivity index is 1.94. The van der Waals surface area contributed by atoms with Gasteiger partial charge in [-0.3, -0.25) is 4.79 Å². The first-order chi connectivity index (χ1) is 15.3. The maximum Gasteiger partial charge on any atom is 0.416 e. The minimum Gasteiger partial charge on any atom is -0.504 e. The summed E-state index contributed by atoms with van der Waals surface area (Å²) in [5.74, 6) is -0.0596. The fourth-order valence-electron chi connectivity index (χ4n) is 3.18. The highest BCUT2D eigenvalue weighted by molar-refractivity contribution is 5.85. The zero-order valence-corrected chi connectivity index (χ0v) is 16.7. The normalized spacial score (nSPS) is 11.9. The van der Waals surface area contributed by atoms with E-state index in [1.54, 1.807) is 42.5 Å². The van der Waals surface area contributed by atoms with Crippen LogP contribution in [-0.4, -0.2) is 28.1 Å². The fourth-order valence-corrected chi connectivity index (χ4v) is 3.18. The van der Waals surface area contributed by atoms with Crippen LogP contribution in [0.3, 0.4) is 0 Å². The van der Waals surface area contributed by atoms with E-state index in [0.29, 0.717) is 5.52 Å². The van der Waals surface area contributed by atoms with Crippen LogP contribution in [0.2, 0.25) is 0 Å². The maximum absolute atomic E-state index is 13.2. The third-order valence-corrected chi connectivity index (χ3v) is 4.76. The van der Waals surface area contributed by atoms with Gasteiger partial charge >= 0.3 is 6.18 Å². The molecular formula is C23H16F3N3O3.